The molecule has 2 N–H and O–H groups in total. The minimum absolute atomic E-state index is 0.254. The third-order valence-corrected chi connectivity index (χ3v) is 5.15. The molecule has 7 nitrogen and oxygen atoms in total. The summed E-state index contributed by atoms with van der Waals surface area (Å²) in [5.74, 6) is 0.879. The summed E-state index contributed by atoms with van der Waals surface area (Å²) >= 11 is 1.32. The number of hydrogen-bond donors (Lipinski definition) is 2. The van der Waals surface area contributed by atoms with Crippen LogP contribution in [0.2, 0.25) is 0 Å². The molecule has 0 bridgehead atoms. The number of hydrogen-bond acceptors (Lipinski definition) is 6. The van der Waals surface area contributed by atoms with Crippen LogP contribution in [0, 0.1) is 0 Å². The van der Waals surface area contributed by atoms with Crippen molar-refractivity contribution in [3.05, 3.63) is 40.1 Å². The van der Waals surface area contributed by atoms with Crippen LogP contribution in [0.4, 0.5) is 5.69 Å². The molecule has 136 valence electrons. The van der Waals surface area contributed by atoms with Gasteiger partial charge in [-0.15, -0.1) is 11.3 Å². The summed E-state index contributed by atoms with van der Waals surface area (Å²) in [6.45, 7) is 0.298. The van der Waals surface area contributed by atoms with Gasteiger partial charge >= 0.3 is 0 Å². The lowest BCUT2D eigenvalue weighted by Gasteiger charge is -2.11. The highest BCUT2D eigenvalue weighted by molar-refractivity contribution is 7.88. The number of methoxy groups -OCH3 is 2. The van der Waals surface area contributed by atoms with E-state index in [1.54, 1.807) is 31.4 Å². The van der Waals surface area contributed by atoms with Gasteiger partial charge in [0.15, 0.2) is 0 Å². The Morgan fingerprint density at radius 1 is 1.16 bits per heavy atom. The van der Waals surface area contributed by atoms with Crippen molar-refractivity contribution < 1.29 is 22.7 Å². The molecule has 0 fully saturated rings. The maximum Gasteiger partial charge on any atom is 0.265 e. The zero-order valence-corrected chi connectivity index (χ0v) is 15.8. The first-order valence-electron chi connectivity index (χ1n) is 7.39. The second-order valence-corrected chi connectivity index (χ2v) is 8.20. The normalized spacial score (nSPS) is 11.2. The Bertz CT molecular complexity index is 846. The zero-order valence-electron chi connectivity index (χ0n) is 14.2. The number of carbonyl (C=O) groups is 1. The van der Waals surface area contributed by atoms with E-state index in [0.29, 0.717) is 35.0 Å². The minimum Gasteiger partial charge on any atom is -0.497 e. The smallest absolute Gasteiger partial charge is 0.265 e. The molecule has 1 heterocycles. The van der Waals surface area contributed by atoms with E-state index in [-0.39, 0.29) is 5.91 Å². The summed E-state index contributed by atoms with van der Waals surface area (Å²) in [6, 6.07) is 8.65. The average Bonchev–Trinajstić information content (AvgIpc) is 3.03. The van der Waals surface area contributed by atoms with E-state index >= 15 is 0 Å². The largest absolute Gasteiger partial charge is 0.497 e. The molecule has 9 heteroatoms. The van der Waals surface area contributed by atoms with E-state index in [1.165, 1.54) is 18.4 Å². The van der Waals surface area contributed by atoms with Gasteiger partial charge < -0.3 is 14.8 Å². The molecule has 0 saturated carbocycles. The van der Waals surface area contributed by atoms with Gasteiger partial charge in [0.25, 0.3) is 5.91 Å². The summed E-state index contributed by atoms with van der Waals surface area (Å²) < 4.78 is 34.9. The predicted octanol–water partition coefficient (Wildman–Crippen LogP) is 2.11. The molecule has 0 aliphatic heterocycles. The van der Waals surface area contributed by atoms with Gasteiger partial charge in [-0.2, -0.15) is 0 Å². The van der Waals surface area contributed by atoms with E-state index in [4.69, 9.17) is 9.47 Å². The Labute approximate surface area is 151 Å². The first kappa shape index (κ1) is 19.2. The number of benzene rings is 1. The van der Waals surface area contributed by atoms with Crippen molar-refractivity contribution >= 4 is 33.0 Å². The molecule has 1 aromatic carbocycles. The second-order valence-electron chi connectivity index (χ2n) is 5.20. The number of ether oxygens (including phenoxy) is 2. The fourth-order valence-electron chi connectivity index (χ4n) is 2.08. The van der Waals surface area contributed by atoms with Crippen molar-refractivity contribution in [2.45, 2.75) is 6.42 Å². The van der Waals surface area contributed by atoms with Gasteiger partial charge in [0.2, 0.25) is 10.0 Å². The standard InChI is InChI=1S/C16H20N2O5S2/c1-22-11-4-6-13(14(10-11)23-2)18-16(19)15-7-5-12(24-15)8-9-17-25(3,20)21/h4-7,10,17H,8-9H2,1-3H3,(H,18,19). The Morgan fingerprint density at radius 3 is 2.56 bits per heavy atom. The van der Waals surface area contributed by atoms with E-state index < -0.39 is 10.0 Å². The van der Waals surface area contributed by atoms with Gasteiger partial charge in [0, 0.05) is 17.5 Å². The fourth-order valence-corrected chi connectivity index (χ4v) is 3.45. The van der Waals surface area contributed by atoms with Crippen molar-refractivity contribution in [1.29, 1.82) is 0 Å². The van der Waals surface area contributed by atoms with Gasteiger partial charge in [-0.05, 0) is 30.7 Å². The van der Waals surface area contributed by atoms with Crippen molar-refractivity contribution in [2.24, 2.45) is 0 Å². The van der Waals surface area contributed by atoms with Crippen LogP contribution in [-0.4, -0.2) is 41.3 Å². The summed E-state index contributed by atoms with van der Waals surface area (Å²) in [6.07, 6.45) is 1.64. The molecular formula is C16H20N2O5S2. The Hall–Kier alpha value is -2.10. The number of amides is 1. The van der Waals surface area contributed by atoms with Crippen LogP contribution in [0.25, 0.3) is 0 Å². The molecule has 0 aliphatic rings. The number of thiophene rings is 1. The van der Waals surface area contributed by atoms with Crippen LogP contribution in [-0.2, 0) is 16.4 Å². The van der Waals surface area contributed by atoms with Crippen molar-refractivity contribution in [3.8, 4) is 11.5 Å². The van der Waals surface area contributed by atoms with Gasteiger partial charge in [-0.1, -0.05) is 0 Å². The Balaban J connectivity index is 2.02. The van der Waals surface area contributed by atoms with E-state index in [9.17, 15) is 13.2 Å². The highest BCUT2D eigenvalue weighted by Crippen LogP contribution is 2.30. The molecule has 0 aliphatic carbocycles. The number of anilines is 1. The Kier molecular flexibility index (Phi) is 6.40. The number of rotatable bonds is 8. The van der Waals surface area contributed by atoms with Crippen molar-refractivity contribution in [2.75, 3.05) is 32.3 Å². The topological polar surface area (TPSA) is 93.7 Å². The lowest BCUT2D eigenvalue weighted by atomic mass is 10.2. The number of nitrogens with one attached hydrogen (secondary N) is 2. The predicted molar refractivity (Wildman–Crippen MR) is 98.4 cm³/mol. The summed E-state index contributed by atoms with van der Waals surface area (Å²) in [4.78, 5) is 13.8. The third kappa shape index (κ3) is 5.73. The molecule has 1 aromatic heterocycles. The van der Waals surface area contributed by atoms with Gasteiger partial charge in [-0.3, -0.25) is 4.79 Å². The molecule has 0 spiro atoms. The van der Waals surface area contributed by atoms with Gasteiger partial charge in [0.05, 0.1) is 31.0 Å². The second kappa shape index (κ2) is 8.32. The van der Waals surface area contributed by atoms with Crippen LogP contribution in [0.15, 0.2) is 30.3 Å². The first-order chi connectivity index (χ1) is 11.8. The quantitative estimate of drug-likeness (QED) is 0.727. The summed E-state index contributed by atoms with van der Waals surface area (Å²) in [5.41, 5.74) is 0.544. The van der Waals surface area contributed by atoms with E-state index in [2.05, 4.69) is 10.0 Å². The molecule has 25 heavy (non-hydrogen) atoms. The first-order valence-corrected chi connectivity index (χ1v) is 10.1. The average molecular weight is 384 g/mol. The molecule has 0 unspecified atom stereocenters. The third-order valence-electron chi connectivity index (χ3n) is 3.28. The SMILES string of the molecule is COc1ccc(NC(=O)c2ccc(CCNS(C)(=O)=O)s2)c(OC)c1. The van der Waals surface area contributed by atoms with E-state index in [0.717, 1.165) is 11.1 Å². The lowest BCUT2D eigenvalue weighted by molar-refractivity contribution is 0.103. The lowest BCUT2D eigenvalue weighted by Crippen LogP contribution is -2.24. The van der Waals surface area contributed by atoms with Crippen LogP contribution < -0.4 is 19.5 Å². The van der Waals surface area contributed by atoms with Crippen LogP contribution in [0.5, 0.6) is 11.5 Å². The maximum absolute atomic E-state index is 12.4. The number of sulfonamides is 1. The monoisotopic (exact) mass is 384 g/mol. The maximum atomic E-state index is 12.4. The highest BCUT2D eigenvalue weighted by atomic mass is 32.2. The molecule has 1 amide bonds. The zero-order chi connectivity index (χ0) is 18.4. The molecule has 2 aromatic rings. The summed E-state index contributed by atoms with van der Waals surface area (Å²) in [5, 5.41) is 2.80. The van der Waals surface area contributed by atoms with Crippen LogP contribution in [0.1, 0.15) is 14.5 Å². The van der Waals surface area contributed by atoms with Crippen molar-refractivity contribution in [3.63, 3.8) is 0 Å². The van der Waals surface area contributed by atoms with Crippen LogP contribution in [0.3, 0.4) is 0 Å². The molecular weight excluding hydrogens is 364 g/mol. The minimum atomic E-state index is -3.21. The highest BCUT2D eigenvalue weighted by Gasteiger charge is 2.13. The molecule has 2 rings (SSSR count). The molecule has 0 saturated heterocycles. The number of carbonyl (C=O) groups excluding carboxylic acids is 1. The van der Waals surface area contributed by atoms with Crippen LogP contribution >= 0.6 is 11.3 Å². The van der Waals surface area contributed by atoms with Gasteiger partial charge in [-0.25, -0.2) is 13.1 Å². The molecule has 0 atom stereocenters. The van der Waals surface area contributed by atoms with Gasteiger partial charge in [0.1, 0.15) is 11.5 Å². The summed E-state index contributed by atoms with van der Waals surface area (Å²) in [7, 11) is -0.136. The Morgan fingerprint density at radius 2 is 1.92 bits per heavy atom. The van der Waals surface area contributed by atoms with Crippen molar-refractivity contribution in [1.82, 2.24) is 4.72 Å². The van der Waals surface area contributed by atoms with E-state index in [1.807, 2.05) is 6.07 Å². The fraction of sp³-hybridized carbons (Fsp3) is 0.312. The molecule has 0 radical (unpaired) electrons.